The van der Waals surface area contributed by atoms with Crippen LogP contribution < -0.4 is 5.32 Å². The number of nitrogens with one attached hydrogen (secondary N) is 1. The van der Waals surface area contributed by atoms with Crippen molar-refractivity contribution in [3.63, 3.8) is 0 Å². The molecule has 0 aromatic carbocycles. The molecule has 0 aromatic rings. The van der Waals surface area contributed by atoms with Crippen LogP contribution >= 0.6 is 0 Å². The molecule has 0 radical (unpaired) electrons. The first-order valence-electron chi connectivity index (χ1n) is 9.91. The summed E-state index contributed by atoms with van der Waals surface area (Å²) in [5.74, 6) is 0.0186. The van der Waals surface area contributed by atoms with Crippen LogP contribution in [0.15, 0.2) is 0 Å². The molecule has 6 nitrogen and oxygen atoms in total. The third-order valence-corrected chi connectivity index (χ3v) is 5.96. The summed E-state index contributed by atoms with van der Waals surface area (Å²) in [4.78, 5) is 27.6. The predicted octanol–water partition coefficient (Wildman–Crippen LogP) is 1.94. The minimum atomic E-state index is -0.779. The Kier molecular flexibility index (Phi) is 8.16. The highest BCUT2D eigenvalue weighted by molar-refractivity contribution is 5.81. The highest BCUT2D eigenvalue weighted by Crippen LogP contribution is 2.23. The highest BCUT2D eigenvalue weighted by atomic mass is 16.4. The molecule has 2 fully saturated rings. The number of hydrogen-bond donors (Lipinski definition) is 2. The maximum absolute atomic E-state index is 12.5. The molecular weight excluding hydrogens is 318 g/mol. The van der Waals surface area contributed by atoms with Gasteiger partial charge in [0, 0.05) is 19.1 Å². The Morgan fingerprint density at radius 3 is 2.52 bits per heavy atom. The van der Waals surface area contributed by atoms with Crippen molar-refractivity contribution >= 4 is 11.9 Å². The number of likely N-dealkylation sites (tertiary alicyclic amines) is 1. The van der Waals surface area contributed by atoms with E-state index in [0.29, 0.717) is 12.0 Å². The average Bonchev–Trinajstić information content (AvgIpc) is 2.85. The molecule has 0 bridgehead atoms. The average molecular weight is 354 g/mol. The molecule has 1 heterocycles. The van der Waals surface area contributed by atoms with Gasteiger partial charge in [0.25, 0.3) is 0 Å². The van der Waals surface area contributed by atoms with E-state index in [1.807, 2.05) is 18.9 Å². The molecular formula is C19H35N3O3. The van der Waals surface area contributed by atoms with Gasteiger partial charge in [0.05, 0.1) is 12.6 Å². The van der Waals surface area contributed by atoms with Gasteiger partial charge in [-0.15, -0.1) is 0 Å². The summed E-state index contributed by atoms with van der Waals surface area (Å²) < 4.78 is 0. The Morgan fingerprint density at radius 2 is 1.84 bits per heavy atom. The topological polar surface area (TPSA) is 72.9 Å². The number of hydrogen-bond acceptors (Lipinski definition) is 4. The molecule has 2 aliphatic rings. The van der Waals surface area contributed by atoms with Crippen LogP contribution in [-0.2, 0) is 9.59 Å². The molecule has 2 rings (SSSR count). The SMILES string of the molecule is CC(C(=O)NCC1CCCCC1)N1CCCC(N(C)CC(=O)O)CC1. The summed E-state index contributed by atoms with van der Waals surface area (Å²) in [6, 6.07) is 0.186. The maximum Gasteiger partial charge on any atom is 0.317 e. The van der Waals surface area contributed by atoms with Crippen LogP contribution in [0, 0.1) is 5.92 Å². The highest BCUT2D eigenvalue weighted by Gasteiger charge is 2.27. The molecule has 25 heavy (non-hydrogen) atoms. The van der Waals surface area contributed by atoms with Gasteiger partial charge in [-0.2, -0.15) is 0 Å². The Hall–Kier alpha value is -1.14. The molecule has 1 saturated carbocycles. The first kappa shape index (κ1) is 20.2. The Bertz CT molecular complexity index is 438. The summed E-state index contributed by atoms with van der Waals surface area (Å²) in [6.07, 6.45) is 9.36. The number of aliphatic carboxylic acids is 1. The van der Waals surface area contributed by atoms with Crippen LogP contribution in [-0.4, -0.2) is 72.1 Å². The lowest BCUT2D eigenvalue weighted by Crippen LogP contribution is -2.47. The molecule has 6 heteroatoms. The molecule has 1 amide bonds. The van der Waals surface area contributed by atoms with Crippen molar-refractivity contribution in [1.29, 1.82) is 0 Å². The quantitative estimate of drug-likeness (QED) is 0.732. The summed E-state index contributed by atoms with van der Waals surface area (Å²) in [5, 5.41) is 12.1. The first-order chi connectivity index (χ1) is 12.0. The number of rotatable bonds is 7. The van der Waals surface area contributed by atoms with E-state index < -0.39 is 5.97 Å². The molecule has 1 saturated heterocycles. The zero-order chi connectivity index (χ0) is 18.2. The van der Waals surface area contributed by atoms with Gasteiger partial charge in [0.2, 0.25) is 5.91 Å². The fraction of sp³-hybridized carbons (Fsp3) is 0.895. The second-order valence-electron chi connectivity index (χ2n) is 7.85. The predicted molar refractivity (Wildman–Crippen MR) is 98.5 cm³/mol. The molecule has 0 spiro atoms. The zero-order valence-electron chi connectivity index (χ0n) is 15.9. The van der Waals surface area contributed by atoms with Crippen molar-refractivity contribution in [3.8, 4) is 0 Å². The van der Waals surface area contributed by atoms with Gasteiger partial charge in [0.1, 0.15) is 0 Å². The third-order valence-electron chi connectivity index (χ3n) is 5.96. The van der Waals surface area contributed by atoms with Gasteiger partial charge in [0.15, 0.2) is 0 Å². The Morgan fingerprint density at radius 1 is 1.12 bits per heavy atom. The summed E-state index contributed by atoms with van der Waals surface area (Å²) >= 11 is 0. The van der Waals surface area contributed by atoms with E-state index in [-0.39, 0.29) is 18.5 Å². The van der Waals surface area contributed by atoms with Crippen molar-refractivity contribution in [2.24, 2.45) is 5.92 Å². The molecule has 1 aliphatic carbocycles. The van der Waals surface area contributed by atoms with Gasteiger partial charge in [-0.3, -0.25) is 19.4 Å². The van der Waals surface area contributed by atoms with Gasteiger partial charge in [-0.05, 0) is 58.5 Å². The van der Waals surface area contributed by atoms with E-state index in [1.165, 1.54) is 32.1 Å². The van der Waals surface area contributed by atoms with E-state index in [2.05, 4.69) is 10.2 Å². The maximum atomic E-state index is 12.5. The minimum Gasteiger partial charge on any atom is -0.480 e. The van der Waals surface area contributed by atoms with Crippen LogP contribution in [0.3, 0.4) is 0 Å². The normalized spacial score (nSPS) is 24.7. The lowest BCUT2D eigenvalue weighted by Gasteiger charge is -2.29. The number of carboxylic acids is 1. The van der Waals surface area contributed by atoms with E-state index >= 15 is 0 Å². The second-order valence-corrected chi connectivity index (χ2v) is 7.85. The summed E-state index contributed by atoms with van der Waals surface area (Å²) in [7, 11) is 1.88. The fourth-order valence-corrected chi connectivity index (χ4v) is 4.22. The van der Waals surface area contributed by atoms with Crippen LogP contribution in [0.5, 0.6) is 0 Å². The van der Waals surface area contributed by atoms with Crippen LogP contribution in [0.2, 0.25) is 0 Å². The molecule has 2 N–H and O–H groups in total. The third kappa shape index (κ3) is 6.59. The Labute approximate surface area is 151 Å². The van der Waals surface area contributed by atoms with E-state index in [9.17, 15) is 9.59 Å². The first-order valence-corrected chi connectivity index (χ1v) is 9.91. The van der Waals surface area contributed by atoms with E-state index in [1.54, 1.807) is 0 Å². The monoisotopic (exact) mass is 353 g/mol. The van der Waals surface area contributed by atoms with E-state index in [0.717, 1.165) is 38.9 Å². The van der Waals surface area contributed by atoms with Crippen molar-refractivity contribution in [3.05, 3.63) is 0 Å². The van der Waals surface area contributed by atoms with Gasteiger partial charge >= 0.3 is 5.97 Å². The number of nitrogens with zero attached hydrogens (tertiary/aromatic N) is 2. The van der Waals surface area contributed by atoms with Crippen molar-refractivity contribution in [2.75, 3.05) is 33.2 Å². The minimum absolute atomic E-state index is 0.0854. The van der Waals surface area contributed by atoms with Crippen LogP contribution in [0.4, 0.5) is 0 Å². The molecule has 1 aliphatic heterocycles. The van der Waals surface area contributed by atoms with Crippen molar-refractivity contribution in [2.45, 2.75) is 70.4 Å². The number of carboxylic acid groups (broad SMARTS) is 1. The second kappa shape index (κ2) is 10.1. The smallest absolute Gasteiger partial charge is 0.317 e. The molecule has 144 valence electrons. The van der Waals surface area contributed by atoms with Gasteiger partial charge in [-0.1, -0.05) is 19.3 Å². The van der Waals surface area contributed by atoms with Gasteiger partial charge < -0.3 is 10.4 Å². The number of carbonyl (C=O) groups excluding carboxylic acids is 1. The lowest BCUT2D eigenvalue weighted by atomic mass is 9.89. The Balaban J connectivity index is 1.76. The summed E-state index contributed by atoms with van der Waals surface area (Å²) in [5.41, 5.74) is 0. The van der Waals surface area contributed by atoms with Crippen LogP contribution in [0.25, 0.3) is 0 Å². The largest absolute Gasteiger partial charge is 0.480 e. The van der Waals surface area contributed by atoms with Crippen molar-refractivity contribution in [1.82, 2.24) is 15.1 Å². The number of carbonyl (C=O) groups is 2. The lowest BCUT2D eigenvalue weighted by molar-refractivity contribution is -0.138. The number of amides is 1. The molecule has 0 aromatic heterocycles. The summed E-state index contributed by atoms with van der Waals surface area (Å²) in [6.45, 7) is 4.67. The fourth-order valence-electron chi connectivity index (χ4n) is 4.22. The van der Waals surface area contributed by atoms with E-state index in [4.69, 9.17) is 5.11 Å². The molecule has 2 atom stereocenters. The zero-order valence-corrected chi connectivity index (χ0v) is 15.9. The van der Waals surface area contributed by atoms with Gasteiger partial charge in [-0.25, -0.2) is 0 Å². The standard InChI is InChI=1S/C19H35N3O3/c1-15(19(25)20-13-16-7-4-3-5-8-16)22-11-6-9-17(10-12-22)21(2)14-18(23)24/h15-17H,3-14H2,1-2H3,(H,20,25)(H,23,24). The van der Waals surface area contributed by atoms with Crippen molar-refractivity contribution < 1.29 is 14.7 Å². The number of likely N-dealkylation sites (N-methyl/N-ethyl adjacent to an activating group) is 1. The molecule has 2 unspecified atom stereocenters. The van der Waals surface area contributed by atoms with Crippen LogP contribution in [0.1, 0.15) is 58.3 Å².